The van der Waals surface area contributed by atoms with Crippen LogP contribution in [0.5, 0.6) is 0 Å². The molecule has 0 saturated carbocycles. The van der Waals surface area contributed by atoms with E-state index in [0.717, 1.165) is 5.69 Å². The lowest BCUT2D eigenvalue weighted by atomic mass is 10.2. The average Bonchev–Trinajstić information content (AvgIpc) is 2.90. The Bertz CT molecular complexity index is 981. The molecule has 2 aromatic carbocycles. The molecule has 1 heterocycles. The minimum Gasteiger partial charge on any atom is -0.267 e. The van der Waals surface area contributed by atoms with Crippen LogP contribution in [0.15, 0.2) is 53.6 Å². The molecule has 5 nitrogen and oxygen atoms in total. The van der Waals surface area contributed by atoms with Gasteiger partial charge in [0.1, 0.15) is 5.15 Å². The Kier molecular flexibility index (Phi) is 5.61. The van der Waals surface area contributed by atoms with Gasteiger partial charge in [0.15, 0.2) is 0 Å². The summed E-state index contributed by atoms with van der Waals surface area (Å²) in [6.45, 7) is 1.80. The first-order valence-electron chi connectivity index (χ1n) is 7.56. The quantitative estimate of drug-likeness (QED) is 0.494. The Balaban J connectivity index is 1.79. The van der Waals surface area contributed by atoms with Gasteiger partial charge < -0.3 is 0 Å². The maximum Gasteiger partial charge on any atom is 0.271 e. The minimum absolute atomic E-state index is 0.353. The molecule has 0 saturated heterocycles. The van der Waals surface area contributed by atoms with Crippen LogP contribution in [-0.2, 0) is 0 Å². The van der Waals surface area contributed by atoms with Gasteiger partial charge in [-0.3, -0.25) is 4.79 Å². The maximum atomic E-state index is 12.0. The van der Waals surface area contributed by atoms with Gasteiger partial charge in [0, 0.05) is 15.6 Å². The van der Waals surface area contributed by atoms with Crippen LogP contribution in [0.2, 0.25) is 15.2 Å². The minimum atomic E-state index is -0.353. The summed E-state index contributed by atoms with van der Waals surface area (Å²) in [5.74, 6) is -0.353. The van der Waals surface area contributed by atoms with E-state index in [1.807, 2.05) is 12.1 Å². The van der Waals surface area contributed by atoms with E-state index >= 15 is 0 Å². The Morgan fingerprint density at radius 2 is 1.85 bits per heavy atom. The number of nitrogens with one attached hydrogen (secondary N) is 1. The van der Waals surface area contributed by atoms with E-state index in [1.54, 1.807) is 48.0 Å². The molecule has 0 aliphatic rings. The number of aryl methyl sites for hydroxylation is 1. The van der Waals surface area contributed by atoms with Gasteiger partial charge in [-0.15, -0.1) is 0 Å². The van der Waals surface area contributed by atoms with Crippen molar-refractivity contribution in [2.24, 2.45) is 5.10 Å². The van der Waals surface area contributed by atoms with E-state index in [0.29, 0.717) is 32.0 Å². The lowest BCUT2D eigenvalue weighted by molar-refractivity contribution is 0.0955. The number of hydrazone groups is 1. The molecule has 0 radical (unpaired) electrons. The van der Waals surface area contributed by atoms with Crippen LogP contribution in [0.25, 0.3) is 5.69 Å². The smallest absolute Gasteiger partial charge is 0.267 e. The Morgan fingerprint density at radius 1 is 1.12 bits per heavy atom. The van der Waals surface area contributed by atoms with Crippen LogP contribution in [0, 0.1) is 6.92 Å². The second kappa shape index (κ2) is 7.91. The zero-order valence-electron chi connectivity index (χ0n) is 13.6. The summed E-state index contributed by atoms with van der Waals surface area (Å²) in [6.07, 6.45) is 1.46. The fourth-order valence-corrected chi connectivity index (χ4v) is 2.89. The van der Waals surface area contributed by atoms with Crippen molar-refractivity contribution in [3.05, 3.63) is 80.6 Å². The third-order valence-corrected chi connectivity index (χ3v) is 4.42. The highest BCUT2D eigenvalue weighted by atomic mass is 35.5. The van der Waals surface area contributed by atoms with Gasteiger partial charge in [-0.25, -0.2) is 10.1 Å². The number of aromatic nitrogens is 2. The van der Waals surface area contributed by atoms with Crippen molar-refractivity contribution in [3.8, 4) is 5.69 Å². The molecule has 0 aliphatic carbocycles. The van der Waals surface area contributed by atoms with E-state index in [1.165, 1.54) is 6.21 Å². The van der Waals surface area contributed by atoms with Gasteiger partial charge in [-0.05, 0) is 49.4 Å². The lowest BCUT2D eigenvalue weighted by Gasteiger charge is -2.03. The molecule has 0 aliphatic heterocycles. The number of hydrogen-bond donors (Lipinski definition) is 1. The third-order valence-electron chi connectivity index (χ3n) is 3.57. The highest BCUT2D eigenvalue weighted by Gasteiger charge is 2.13. The molecule has 0 spiro atoms. The summed E-state index contributed by atoms with van der Waals surface area (Å²) in [6, 6.07) is 13.7. The van der Waals surface area contributed by atoms with Crippen molar-refractivity contribution in [1.82, 2.24) is 15.2 Å². The molecule has 0 fully saturated rings. The average molecular weight is 408 g/mol. The molecule has 1 N–H and O–H groups in total. The van der Waals surface area contributed by atoms with Crippen molar-refractivity contribution < 1.29 is 4.79 Å². The number of nitrogens with zero attached hydrogens (tertiary/aromatic N) is 3. The van der Waals surface area contributed by atoms with Crippen molar-refractivity contribution >= 4 is 46.9 Å². The summed E-state index contributed by atoms with van der Waals surface area (Å²) < 4.78 is 1.56. The molecule has 3 rings (SSSR count). The van der Waals surface area contributed by atoms with Crippen LogP contribution >= 0.6 is 34.8 Å². The normalized spacial score (nSPS) is 11.1. The third kappa shape index (κ3) is 4.07. The Morgan fingerprint density at radius 3 is 2.54 bits per heavy atom. The zero-order chi connectivity index (χ0) is 18.7. The molecule has 0 unspecified atom stereocenters. The fraction of sp³-hybridized carbons (Fsp3) is 0.0556. The Hall–Kier alpha value is -2.34. The molecule has 1 amide bonds. The van der Waals surface area contributed by atoms with Gasteiger partial charge in [-0.1, -0.05) is 40.9 Å². The molecular formula is C18H13Cl3N4O. The highest BCUT2D eigenvalue weighted by Crippen LogP contribution is 2.23. The van der Waals surface area contributed by atoms with Crippen LogP contribution < -0.4 is 5.43 Å². The second-order valence-corrected chi connectivity index (χ2v) is 6.62. The molecular weight excluding hydrogens is 395 g/mol. The van der Waals surface area contributed by atoms with Crippen molar-refractivity contribution in [2.45, 2.75) is 6.92 Å². The highest BCUT2D eigenvalue weighted by molar-refractivity contribution is 6.32. The SMILES string of the molecule is Cc1nn(-c2cccc(Cl)c2)c(Cl)c1/C=N\NC(=O)c1ccc(Cl)cc1. The first kappa shape index (κ1) is 18.5. The van der Waals surface area contributed by atoms with E-state index in [9.17, 15) is 4.79 Å². The summed E-state index contributed by atoms with van der Waals surface area (Å²) in [5, 5.41) is 9.87. The van der Waals surface area contributed by atoms with E-state index in [4.69, 9.17) is 34.8 Å². The molecule has 8 heteroatoms. The molecule has 132 valence electrons. The largest absolute Gasteiger partial charge is 0.271 e. The standard InChI is InChI=1S/C18H13Cl3N4O/c1-11-16(10-22-23-18(26)12-5-7-13(19)8-6-12)17(21)25(24-11)15-4-2-3-14(20)9-15/h2-10H,1H3,(H,23,26)/b22-10-. The van der Waals surface area contributed by atoms with Gasteiger partial charge in [0.2, 0.25) is 0 Å². The summed E-state index contributed by atoms with van der Waals surface area (Å²) in [4.78, 5) is 12.0. The number of carbonyl (C=O) groups is 1. The first-order chi connectivity index (χ1) is 12.5. The predicted molar refractivity (Wildman–Crippen MR) is 105 cm³/mol. The number of benzene rings is 2. The van der Waals surface area contributed by atoms with Crippen molar-refractivity contribution in [1.29, 1.82) is 0 Å². The topological polar surface area (TPSA) is 59.3 Å². The predicted octanol–water partition coefficient (Wildman–Crippen LogP) is 4.90. The number of hydrogen-bond acceptors (Lipinski definition) is 3. The van der Waals surface area contributed by atoms with Gasteiger partial charge in [0.25, 0.3) is 5.91 Å². The molecule has 1 aromatic heterocycles. The van der Waals surface area contributed by atoms with E-state index in [2.05, 4.69) is 15.6 Å². The summed E-state index contributed by atoms with van der Waals surface area (Å²) in [5.41, 5.74) is 4.90. The number of amides is 1. The molecule has 0 atom stereocenters. The van der Waals surface area contributed by atoms with Crippen LogP contribution in [0.3, 0.4) is 0 Å². The van der Waals surface area contributed by atoms with Crippen LogP contribution in [-0.4, -0.2) is 21.9 Å². The monoisotopic (exact) mass is 406 g/mol. The molecule has 0 bridgehead atoms. The zero-order valence-corrected chi connectivity index (χ0v) is 15.8. The maximum absolute atomic E-state index is 12.0. The summed E-state index contributed by atoms with van der Waals surface area (Å²) in [7, 11) is 0. The Labute approximate surface area is 165 Å². The van der Waals surface area contributed by atoms with Crippen molar-refractivity contribution in [2.75, 3.05) is 0 Å². The van der Waals surface area contributed by atoms with Gasteiger partial charge >= 0.3 is 0 Å². The van der Waals surface area contributed by atoms with Crippen LogP contribution in [0.1, 0.15) is 21.6 Å². The molecule has 3 aromatic rings. The number of halogens is 3. The van der Waals surface area contributed by atoms with E-state index < -0.39 is 0 Å². The van der Waals surface area contributed by atoms with Gasteiger partial charge in [0.05, 0.1) is 23.2 Å². The summed E-state index contributed by atoms with van der Waals surface area (Å²) >= 11 is 18.2. The lowest BCUT2D eigenvalue weighted by Crippen LogP contribution is -2.17. The number of carbonyl (C=O) groups excluding carboxylic acids is 1. The first-order valence-corrected chi connectivity index (χ1v) is 8.69. The van der Waals surface area contributed by atoms with E-state index in [-0.39, 0.29) is 5.91 Å². The molecule has 26 heavy (non-hydrogen) atoms. The van der Waals surface area contributed by atoms with Crippen molar-refractivity contribution in [3.63, 3.8) is 0 Å². The number of rotatable bonds is 4. The fourth-order valence-electron chi connectivity index (χ4n) is 2.26. The second-order valence-electron chi connectivity index (χ2n) is 5.39. The van der Waals surface area contributed by atoms with Gasteiger partial charge in [-0.2, -0.15) is 10.2 Å². The van der Waals surface area contributed by atoms with Crippen LogP contribution in [0.4, 0.5) is 0 Å².